The normalized spacial score (nSPS) is 22.1. The van der Waals surface area contributed by atoms with Crippen molar-refractivity contribution in [3.63, 3.8) is 0 Å². The van der Waals surface area contributed by atoms with Crippen LogP contribution in [0.1, 0.15) is 46.0 Å². The summed E-state index contributed by atoms with van der Waals surface area (Å²) in [6, 6.07) is 19.6. The average molecular weight is 541 g/mol. The molecular weight excluding hydrogens is 504 g/mol. The summed E-state index contributed by atoms with van der Waals surface area (Å²) >= 11 is 0. The fourth-order valence-corrected chi connectivity index (χ4v) is 10.2. The fourth-order valence-electron chi connectivity index (χ4n) is 5.16. The van der Waals surface area contributed by atoms with Crippen LogP contribution in [-0.2, 0) is 28.6 Å². The van der Waals surface area contributed by atoms with Gasteiger partial charge in [0.25, 0.3) is 28.6 Å². The zero-order valence-electron chi connectivity index (χ0n) is 20.8. The molecule has 3 atom stereocenters. The summed E-state index contributed by atoms with van der Waals surface area (Å²) in [5, 5.41) is 1.46. The summed E-state index contributed by atoms with van der Waals surface area (Å²) in [6.07, 6.45) is 3.14. The summed E-state index contributed by atoms with van der Waals surface area (Å²) in [5.74, 6) is 0.116. The smallest absolute Gasteiger partial charge is 0.264 e. The highest BCUT2D eigenvalue weighted by molar-refractivity contribution is 7.86. The second kappa shape index (κ2) is 10.8. The molecule has 0 saturated heterocycles. The van der Waals surface area contributed by atoms with E-state index in [0.717, 1.165) is 29.3 Å². The summed E-state index contributed by atoms with van der Waals surface area (Å²) in [6.45, 7) is 4.20. The molecule has 1 aliphatic carbocycles. The van der Waals surface area contributed by atoms with Gasteiger partial charge in [-0.15, -0.1) is 0 Å². The molecule has 2 aromatic carbocycles. The quantitative estimate of drug-likeness (QED) is 0.365. The third-order valence-electron chi connectivity index (χ3n) is 6.98. The van der Waals surface area contributed by atoms with Crippen LogP contribution < -0.4 is 10.4 Å². The van der Waals surface area contributed by atoms with Crippen molar-refractivity contribution < 1.29 is 30.0 Å². The van der Waals surface area contributed by atoms with Gasteiger partial charge in [0.2, 0.25) is 0 Å². The van der Waals surface area contributed by atoms with Crippen LogP contribution in [-0.4, -0.2) is 54.7 Å². The maximum absolute atomic E-state index is 12.3. The van der Waals surface area contributed by atoms with E-state index in [0.29, 0.717) is 25.7 Å². The van der Waals surface area contributed by atoms with E-state index >= 15 is 0 Å². The predicted molar refractivity (Wildman–Crippen MR) is 140 cm³/mol. The van der Waals surface area contributed by atoms with Crippen molar-refractivity contribution in [3.05, 3.63) is 60.7 Å². The van der Waals surface area contributed by atoms with Crippen LogP contribution in [0.4, 0.5) is 0 Å². The Labute approximate surface area is 210 Å². The van der Waals surface area contributed by atoms with Gasteiger partial charge in [0, 0.05) is 0 Å². The molecule has 0 radical (unpaired) electrons. The van der Waals surface area contributed by atoms with E-state index in [2.05, 4.69) is 13.8 Å². The standard InChI is InChI=1S/C25H36O7S2Si/c1-25(2,35(30,21-11-7-5-8-12-21)22-13-9-6-10-14-22)18-17-20-15-16-23(31-33(3,26)27)24(19-20)32-34(4,28)29/h5-14,20,23-24,30H,15-19H2,1-4H3/t20?,23-,24+/m1/s1. The topological polar surface area (TPSA) is 107 Å². The molecule has 1 fully saturated rings. The van der Waals surface area contributed by atoms with E-state index in [1.165, 1.54) is 0 Å². The second-order valence-electron chi connectivity index (χ2n) is 10.2. The lowest BCUT2D eigenvalue weighted by Crippen LogP contribution is -2.65. The van der Waals surface area contributed by atoms with Crippen LogP contribution in [0.25, 0.3) is 0 Å². The molecule has 2 aromatic rings. The van der Waals surface area contributed by atoms with Gasteiger partial charge < -0.3 is 4.80 Å². The Balaban J connectivity index is 1.81. The van der Waals surface area contributed by atoms with Gasteiger partial charge in [-0.2, -0.15) is 16.8 Å². The fraction of sp³-hybridized carbons (Fsp3) is 0.520. The molecule has 0 aromatic heterocycles. The SMILES string of the molecule is CC(C)(CCC1CC[C@@H](OS(C)(=O)=O)[C@@H](OS(C)(=O)=O)C1)[Si](O)(c1ccccc1)c1ccccc1. The van der Waals surface area contributed by atoms with Crippen molar-refractivity contribution >= 4 is 38.9 Å². The molecular formula is C25H36O7S2Si. The Morgan fingerprint density at radius 2 is 1.29 bits per heavy atom. The molecule has 3 rings (SSSR count). The molecule has 0 spiro atoms. The maximum atomic E-state index is 12.3. The van der Waals surface area contributed by atoms with Crippen LogP contribution in [0, 0.1) is 5.92 Å². The molecule has 1 aliphatic rings. The highest BCUT2D eigenvalue weighted by atomic mass is 32.2. The highest BCUT2D eigenvalue weighted by Crippen LogP contribution is 2.43. The van der Waals surface area contributed by atoms with Crippen LogP contribution in [0.15, 0.2) is 60.7 Å². The largest absolute Gasteiger partial charge is 0.424 e. The van der Waals surface area contributed by atoms with Crippen LogP contribution in [0.5, 0.6) is 0 Å². The van der Waals surface area contributed by atoms with Crippen molar-refractivity contribution in [2.75, 3.05) is 12.5 Å². The first kappa shape index (κ1) is 28.0. The van der Waals surface area contributed by atoms with Crippen LogP contribution in [0.2, 0.25) is 5.04 Å². The first-order valence-electron chi connectivity index (χ1n) is 11.8. The summed E-state index contributed by atoms with van der Waals surface area (Å²) in [4.78, 5) is 12.3. The Kier molecular flexibility index (Phi) is 8.66. The zero-order valence-corrected chi connectivity index (χ0v) is 23.4. The molecule has 35 heavy (non-hydrogen) atoms. The van der Waals surface area contributed by atoms with Gasteiger partial charge in [0.05, 0.1) is 12.5 Å². The number of hydrogen-bond donors (Lipinski definition) is 1. The van der Waals surface area contributed by atoms with Gasteiger partial charge in [-0.3, -0.25) is 8.37 Å². The van der Waals surface area contributed by atoms with Gasteiger partial charge in [0.15, 0.2) is 0 Å². The Morgan fingerprint density at radius 1 is 0.829 bits per heavy atom. The third kappa shape index (κ3) is 7.24. The summed E-state index contributed by atoms with van der Waals surface area (Å²) in [7, 11) is -10.7. The van der Waals surface area contributed by atoms with Gasteiger partial charge >= 0.3 is 0 Å². The highest BCUT2D eigenvalue weighted by Gasteiger charge is 2.50. The molecule has 1 unspecified atom stereocenters. The van der Waals surface area contributed by atoms with E-state index in [1.54, 1.807) is 0 Å². The first-order valence-corrected chi connectivity index (χ1v) is 17.4. The van der Waals surface area contributed by atoms with Gasteiger partial charge in [-0.25, -0.2) is 0 Å². The zero-order chi connectivity index (χ0) is 25.9. The summed E-state index contributed by atoms with van der Waals surface area (Å²) < 4.78 is 57.4. The van der Waals surface area contributed by atoms with E-state index in [9.17, 15) is 21.6 Å². The maximum Gasteiger partial charge on any atom is 0.264 e. The van der Waals surface area contributed by atoms with Crippen molar-refractivity contribution in [1.82, 2.24) is 0 Å². The van der Waals surface area contributed by atoms with Gasteiger partial charge in [-0.05, 0) is 47.0 Å². The molecule has 7 nitrogen and oxygen atoms in total. The predicted octanol–water partition coefficient (Wildman–Crippen LogP) is 2.79. The first-order chi connectivity index (χ1) is 16.2. The molecule has 0 bridgehead atoms. The lowest BCUT2D eigenvalue weighted by molar-refractivity contribution is 0.0107. The minimum atomic E-state index is -3.78. The number of hydrogen-bond acceptors (Lipinski definition) is 7. The minimum Gasteiger partial charge on any atom is -0.424 e. The monoisotopic (exact) mass is 540 g/mol. The van der Waals surface area contributed by atoms with E-state index < -0.39 is 45.8 Å². The number of rotatable bonds is 10. The Bertz CT molecular complexity index is 1140. The molecule has 1 saturated carbocycles. The van der Waals surface area contributed by atoms with Crippen LogP contribution in [0.3, 0.4) is 0 Å². The van der Waals surface area contributed by atoms with Crippen LogP contribution >= 0.6 is 0 Å². The molecule has 1 N–H and O–H groups in total. The molecule has 194 valence electrons. The van der Waals surface area contributed by atoms with Crippen molar-refractivity contribution in [3.8, 4) is 0 Å². The van der Waals surface area contributed by atoms with E-state index in [1.807, 2.05) is 60.7 Å². The molecule has 0 aliphatic heterocycles. The van der Waals surface area contributed by atoms with E-state index in [4.69, 9.17) is 8.37 Å². The Morgan fingerprint density at radius 3 is 1.74 bits per heavy atom. The van der Waals surface area contributed by atoms with Gasteiger partial charge in [0.1, 0.15) is 12.2 Å². The van der Waals surface area contributed by atoms with Gasteiger partial charge in [-0.1, -0.05) is 80.9 Å². The lowest BCUT2D eigenvalue weighted by atomic mass is 9.81. The average Bonchev–Trinajstić information content (AvgIpc) is 2.78. The third-order valence-corrected chi connectivity index (χ3v) is 12.7. The molecule has 0 heterocycles. The van der Waals surface area contributed by atoms with E-state index in [-0.39, 0.29) is 5.92 Å². The van der Waals surface area contributed by atoms with Crippen molar-refractivity contribution in [1.29, 1.82) is 0 Å². The minimum absolute atomic E-state index is 0.116. The number of benzene rings is 2. The van der Waals surface area contributed by atoms with Crippen molar-refractivity contribution in [2.45, 2.75) is 63.2 Å². The molecule has 10 heteroatoms. The molecule has 0 amide bonds. The lowest BCUT2D eigenvalue weighted by Gasteiger charge is -2.42. The Hall–Kier alpha value is -1.56. The summed E-state index contributed by atoms with van der Waals surface area (Å²) in [5.41, 5.74) is 0. The van der Waals surface area contributed by atoms with Crippen molar-refractivity contribution in [2.24, 2.45) is 5.92 Å². The second-order valence-corrected chi connectivity index (χ2v) is 17.4.